The van der Waals surface area contributed by atoms with Gasteiger partial charge in [-0.25, -0.2) is 4.57 Å². The van der Waals surface area contributed by atoms with E-state index in [4.69, 9.17) is 4.89 Å². The minimum atomic E-state index is -5.18. The number of pyridine rings is 1. The predicted molar refractivity (Wildman–Crippen MR) is 98.4 cm³/mol. The van der Waals surface area contributed by atoms with Gasteiger partial charge in [0.1, 0.15) is 0 Å². The van der Waals surface area contributed by atoms with E-state index < -0.39 is 27.1 Å². The zero-order valence-electron chi connectivity index (χ0n) is 15.3. The fourth-order valence-corrected chi connectivity index (χ4v) is 4.70. The maximum Gasteiger partial charge on any atom is 0.343 e. The zero-order chi connectivity index (χ0) is 20.0. The molecule has 0 saturated heterocycles. The molecule has 2 atom stereocenters. The van der Waals surface area contributed by atoms with Gasteiger partial charge in [0.2, 0.25) is 0 Å². The van der Waals surface area contributed by atoms with E-state index in [1.807, 2.05) is 13.0 Å². The zero-order valence-corrected chi connectivity index (χ0v) is 17.1. The van der Waals surface area contributed by atoms with Gasteiger partial charge in [-0.05, 0) is 46.1 Å². The lowest BCUT2D eigenvalue weighted by Gasteiger charge is -2.25. The van der Waals surface area contributed by atoms with Gasteiger partial charge in [-0.1, -0.05) is 23.3 Å². The molecule has 1 aromatic rings. The third-order valence-corrected chi connectivity index (χ3v) is 7.47. The van der Waals surface area contributed by atoms with Crippen molar-refractivity contribution >= 4 is 15.2 Å². The molecule has 0 spiro atoms. The van der Waals surface area contributed by atoms with Crippen LogP contribution in [0.1, 0.15) is 39.2 Å². The Morgan fingerprint density at radius 3 is 2.42 bits per heavy atom. The molecule has 26 heavy (non-hydrogen) atoms. The normalized spacial score (nSPS) is 16.0. The Hall–Kier alpha value is -1.07. The van der Waals surface area contributed by atoms with Crippen LogP contribution < -0.4 is 9.46 Å². The lowest BCUT2D eigenvalue weighted by molar-refractivity contribution is -0.695. The molecule has 146 valence electrons. The van der Waals surface area contributed by atoms with Crippen LogP contribution in [-0.2, 0) is 22.1 Å². The van der Waals surface area contributed by atoms with Crippen molar-refractivity contribution in [3.63, 3.8) is 0 Å². The molecule has 2 unspecified atom stereocenters. The van der Waals surface area contributed by atoms with Crippen LogP contribution in [0.25, 0.3) is 0 Å². The smallest absolute Gasteiger partial charge is 0.343 e. The molecule has 7 nitrogen and oxygen atoms in total. The molecule has 1 aromatic heterocycles. The van der Waals surface area contributed by atoms with Crippen molar-refractivity contribution in [3.05, 3.63) is 53.4 Å². The topological polar surface area (TPSA) is 122 Å². The minimum Gasteiger partial charge on any atom is -0.778 e. The summed E-state index contributed by atoms with van der Waals surface area (Å²) in [5, 5.41) is -2.16. The molecule has 0 aromatic carbocycles. The molecule has 0 saturated carbocycles. The molecule has 0 aliphatic rings. The van der Waals surface area contributed by atoms with Gasteiger partial charge in [0.25, 0.3) is 0 Å². The van der Waals surface area contributed by atoms with Gasteiger partial charge in [-0.15, -0.1) is 0 Å². The van der Waals surface area contributed by atoms with Gasteiger partial charge < -0.3 is 24.1 Å². The predicted octanol–water partition coefficient (Wildman–Crippen LogP) is 2.26. The quantitative estimate of drug-likeness (QED) is 0.330. The lowest BCUT2D eigenvalue weighted by atomic mass is 10.1. The first kappa shape index (κ1) is 23.0. The monoisotopic (exact) mass is 403 g/mol. The Kier molecular flexibility index (Phi) is 8.61. The van der Waals surface area contributed by atoms with Crippen LogP contribution in [0.2, 0.25) is 0 Å². The van der Waals surface area contributed by atoms with E-state index in [-0.39, 0.29) is 0 Å². The van der Waals surface area contributed by atoms with Crippen molar-refractivity contribution in [1.29, 1.82) is 0 Å². The number of allylic oxidation sites excluding steroid dienone is 4. The first-order valence-electron chi connectivity index (χ1n) is 8.25. The van der Waals surface area contributed by atoms with Crippen molar-refractivity contribution in [3.8, 4) is 0 Å². The van der Waals surface area contributed by atoms with E-state index in [1.165, 1.54) is 21.9 Å². The average Bonchev–Trinajstić information content (AvgIpc) is 2.48. The molecular formula is C17H27NO6P2. The summed E-state index contributed by atoms with van der Waals surface area (Å²) in [4.78, 5) is 38.8. The fraction of sp³-hybridized carbons (Fsp3) is 0.471. The fourth-order valence-electron chi connectivity index (χ4n) is 2.38. The molecule has 0 radical (unpaired) electrons. The van der Waals surface area contributed by atoms with E-state index >= 15 is 0 Å². The summed E-state index contributed by atoms with van der Waals surface area (Å²) >= 11 is 0. The highest BCUT2D eigenvalue weighted by Gasteiger charge is 2.40. The van der Waals surface area contributed by atoms with Gasteiger partial charge in [0, 0.05) is 11.6 Å². The Morgan fingerprint density at radius 2 is 1.88 bits per heavy atom. The maximum atomic E-state index is 11.4. The number of rotatable bonds is 9. The number of hydrogen-bond donors (Lipinski definition) is 3. The van der Waals surface area contributed by atoms with Gasteiger partial charge in [-0.3, -0.25) is 4.57 Å². The first-order chi connectivity index (χ1) is 11.9. The van der Waals surface area contributed by atoms with E-state index in [2.05, 4.69) is 26.0 Å². The van der Waals surface area contributed by atoms with Crippen LogP contribution >= 0.6 is 15.2 Å². The Bertz CT molecular complexity index is 736. The summed E-state index contributed by atoms with van der Waals surface area (Å²) in [6.07, 6.45) is 9.91. The van der Waals surface area contributed by atoms with Crippen LogP contribution in [-0.4, -0.2) is 20.1 Å². The summed E-state index contributed by atoms with van der Waals surface area (Å²) in [6.45, 7) is 5.64. The standard InChI is InChI=1S/C17H27NO6P2/c1-14(2)6-4-7-15(3)9-10-16-8-5-11-18(12-16)13-17(25(19,20)21)26(22,23)24/h5-6,8-9,11-12,17H,4,7,10,13H2,1-3H3,(H3-,19,20,21,22,23,24)/b15-9+. The number of aromatic nitrogens is 1. The lowest BCUT2D eigenvalue weighted by Crippen LogP contribution is -2.40. The van der Waals surface area contributed by atoms with Gasteiger partial charge in [0.15, 0.2) is 31.9 Å². The van der Waals surface area contributed by atoms with Gasteiger partial charge in [0.05, 0.1) is 0 Å². The molecule has 0 fully saturated rings. The molecule has 1 rings (SSSR count). The summed E-state index contributed by atoms with van der Waals surface area (Å²) in [7, 11) is -10.2. The second-order valence-corrected chi connectivity index (χ2v) is 10.6. The minimum absolute atomic E-state index is 0.515. The molecule has 0 aliphatic carbocycles. The highest BCUT2D eigenvalue weighted by Crippen LogP contribution is 2.57. The van der Waals surface area contributed by atoms with Crippen LogP contribution in [0.4, 0.5) is 0 Å². The highest BCUT2D eigenvalue weighted by atomic mass is 31.2. The first-order valence-corrected chi connectivity index (χ1v) is 11.6. The Morgan fingerprint density at radius 1 is 1.23 bits per heavy atom. The van der Waals surface area contributed by atoms with Crippen LogP contribution in [0.3, 0.4) is 0 Å². The number of nitrogens with zero attached hydrogens (tertiary/aromatic N) is 1. The second-order valence-electron chi connectivity index (χ2n) is 6.62. The molecule has 0 amide bonds. The summed E-state index contributed by atoms with van der Waals surface area (Å²) in [6, 6.07) is 3.52. The molecule has 1 heterocycles. The van der Waals surface area contributed by atoms with Crippen LogP contribution in [0, 0.1) is 0 Å². The highest BCUT2D eigenvalue weighted by molar-refractivity contribution is 7.70. The van der Waals surface area contributed by atoms with E-state index in [0.717, 1.165) is 18.4 Å². The maximum absolute atomic E-state index is 11.4. The van der Waals surface area contributed by atoms with Gasteiger partial charge in [-0.2, -0.15) is 0 Å². The van der Waals surface area contributed by atoms with Crippen LogP contribution in [0.15, 0.2) is 47.8 Å². The largest absolute Gasteiger partial charge is 0.778 e. The molecule has 0 bridgehead atoms. The SMILES string of the molecule is CC(C)=CCC/C(C)=C/Cc1ccc[n+](CC(P(=O)([O-])O)P(=O)(O)O)c1. The third-order valence-electron chi connectivity index (χ3n) is 3.84. The van der Waals surface area contributed by atoms with Gasteiger partial charge >= 0.3 is 7.60 Å². The third kappa shape index (κ3) is 8.54. The van der Waals surface area contributed by atoms with Crippen molar-refractivity contribution in [1.82, 2.24) is 0 Å². The summed E-state index contributed by atoms with van der Waals surface area (Å²) in [5.74, 6) is 0. The van der Waals surface area contributed by atoms with E-state index in [0.29, 0.717) is 6.42 Å². The van der Waals surface area contributed by atoms with Crippen molar-refractivity contribution in [2.75, 3.05) is 0 Å². The Labute approximate surface area is 154 Å². The number of hydrogen-bond acceptors (Lipinski definition) is 3. The molecule has 0 aliphatic heterocycles. The van der Waals surface area contributed by atoms with E-state index in [1.54, 1.807) is 12.3 Å². The molecular weight excluding hydrogens is 376 g/mol. The van der Waals surface area contributed by atoms with Crippen LogP contribution in [0.5, 0.6) is 0 Å². The summed E-state index contributed by atoms with van der Waals surface area (Å²) in [5.41, 5.74) is 3.38. The van der Waals surface area contributed by atoms with Crippen molar-refractivity contribution in [2.24, 2.45) is 0 Å². The second kappa shape index (κ2) is 9.75. The summed E-state index contributed by atoms with van der Waals surface area (Å²) < 4.78 is 24.0. The van der Waals surface area contributed by atoms with Crippen molar-refractivity contribution in [2.45, 2.75) is 52.0 Å². The van der Waals surface area contributed by atoms with E-state index in [9.17, 15) is 23.8 Å². The molecule has 3 N–H and O–H groups in total. The molecule has 9 heteroatoms. The average molecular weight is 403 g/mol. The Balaban J connectivity index is 2.83. The van der Waals surface area contributed by atoms with Crippen molar-refractivity contribution < 1.29 is 33.3 Å².